The van der Waals surface area contributed by atoms with Crippen LogP contribution in [0.15, 0.2) is 18.2 Å². The zero-order chi connectivity index (χ0) is 12.9. The molecule has 0 aliphatic heterocycles. The molecular formula is C11H11BrF4O. The average molecular weight is 315 g/mol. The molecule has 1 aromatic rings. The predicted octanol–water partition coefficient (Wildman–Crippen LogP) is 4.44. The molecule has 0 radical (unpaired) electrons. The summed E-state index contributed by atoms with van der Waals surface area (Å²) in [5.74, 6) is -0.214. The highest BCUT2D eigenvalue weighted by atomic mass is 79.9. The molecule has 0 atom stereocenters. The maximum Gasteiger partial charge on any atom is 0.389 e. The largest absolute Gasteiger partial charge is 0.493 e. The molecule has 0 aliphatic carbocycles. The van der Waals surface area contributed by atoms with Gasteiger partial charge >= 0.3 is 6.18 Å². The lowest BCUT2D eigenvalue weighted by molar-refractivity contribution is -0.136. The maximum absolute atomic E-state index is 13.0. The molecular weight excluding hydrogens is 304 g/mol. The van der Waals surface area contributed by atoms with Gasteiger partial charge in [0.2, 0.25) is 0 Å². The van der Waals surface area contributed by atoms with Crippen molar-refractivity contribution in [2.24, 2.45) is 0 Å². The lowest BCUT2D eigenvalue weighted by Gasteiger charge is -2.09. The van der Waals surface area contributed by atoms with Gasteiger partial charge in [-0.05, 0) is 24.1 Å². The van der Waals surface area contributed by atoms with E-state index in [0.29, 0.717) is 10.9 Å². The molecule has 0 aromatic heterocycles. The first kappa shape index (κ1) is 14.3. The number of ether oxygens (including phenoxy) is 1. The molecule has 0 fully saturated rings. The zero-order valence-corrected chi connectivity index (χ0v) is 10.4. The Morgan fingerprint density at radius 1 is 1.18 bits per heavy atom. The summed E-state index contributed by atoms with van der Waals surface area (Å²) in [4.78, 5) is 0. The van der Waals surface area contributed by atoms with Crippen LogP contribution in [0.5, 0.6) is 5.75 Å². The Balaban J connectivity index is 2.44. The van der Waals surface area contributed by atoms with Crippen molar-refractivity contribution in [2.75, 3.05) is 6.61 Å². The number of halogens is 5. The summed E-state index contributed by atoms with van der Waals surface area (Å²) in [7, 11) is 0. The normalized spacial score (nSPS) is 11.6. The van der Waals surface area contributed by atoms with Gasteiger partial charge in [-0.3, -0.25) is 0 Å². The van der Waals surface area contributed by atoms with E-state index in [-0.39, 0.29) is 18.8 Å². The van der Waals surface area contributed by atoms with Crippen LogP contribution in [0.3, 0.4) is 0 Å². The molecule has 0 spiro atoms. The van der Waals surface area contributed by atoms with Crippen molar-refractivity contribution in [1.29, 1.82) is 0 Å². The average Bonchev–Trinajstić information content (AvgIpc) is 2.22. The molecule has 1 aromatic carbocycles. The van der Waals surface area contributed by atoms with E-state index in [0.717, 1.165) is 6.07 Å². The molecule has 0 aliphatic rings. The van der Waals surface area contributed by atoms with E-state index in [9.17, 15) is 17.6 Å². The van der Waals surface area contributed by atoms with Crippen molar-refractivity contribution in [1.82, 2.24) is 0 Å². The van der Waals surface area contributed by atoms with E-state index >= 15 is 0 Å². The summed E-state index contributed by atoms with van der Waals surface area (Å²) in [5, 5.41) is 0.462. The van der Waals surface area contributed by atoms with E-state index in [4.69, 9.17) is 4.74 Å². The standard InChI is InChI=1S/C11H11BrF4O/c12-7-8-4-9(13)6-10(5-8)17-3-1-2-11(14,15)16/h4-6H,1-3,7H2. The van der Waals surface area contributed by atoms with Gasteiger partial charge in [0.05, 0.1) is 6.61 Å². The van der Waals surface area contributed by atoms with Gasteiger partial charge in [-0.15, -0.1) is 0 Å². The van der Waals surface area contributed by atoms with Crippen molar-refractivity contribution >= 4 is 15.9 Å². The first-order valence-corrected chi connectivity index (χ1v) is 6.08. The Morgan fingerprint density at radius 3 is 2.47 bits per heavy atom. The summed E-state index contributed by atoms with van der Waals surface area (Å²) in [6.45, 7) is -0.0787. The first-order chi connectivity index (χ1) is 7.90. The first-order valence-electron chi connectivity index (χ1n) is 4.96. The minimum absolute atomic E-state index is 0.0787. The van der Waals surface area contributed by atoms with Crippen molar-refractivity contribution in [3.63, 3.8) is 0 Å². The number of benzene rings is 1. The van der Waals surface area contributed by atoms with Gasteiger partial charge in [0.1, 0.15) is 11.6 Å². The second-order valence-corrected chi connectivity index (χ2v) is 4.06. The zero-order valence-electron chi connectivity index (χ0n) is 8.86. The molecule has 0 saturated heterocycles. The lowest BCUT2D eigenvalue weighted by Crippen LogP contribution is -2.09. The van der Waals surface area contributed by atoms with Crippen LogP contribution >= 0.6 is 15.9 Å². The SMILES string of the molecule is Fc1cc(CBr)cc(OCCCC(F)(F)F)c1. The summed E-state index contributed by atoms with van der Waals surface area (Å²) in [6, 6.07) is 4.07. The number of hydrogen-bond donors (Lipinski definition) is 0. The quantitative estimate of drug-likeness (QED) is 0.443. The van der Waals surface area contributed by atoms with E-state index in [2.05, 4.69) is 15.9 Å². The Bertz CT molecular complexity index is 365. The summed E-state index contributed by atoms with van der Waals surface area (Å²) < 4.78 is 53.6. The molecule has 0 bridgehead atoms. The van der Waals surface area contributed by atoms with Crippen molar-refractivity contribution < 1.29 is 22.3 Å². The van der Waals surface area contributed by atoms with E-state index in [1.54, 1.807) is 6.07 Å². The Labute approximate surface area is 105 Å². The predicted molar refractivity (Wildman–Crippen MR) is 59.8 cm³/mol. The Hall–Kier alpha value is -0.780. The minimum Gasteiger partial charge on any atom is -0.493 e. The van der Waals surface area contributed by atoms with Crippen LogP contribution in [0.1, 0.15) is 18.4 Å². The fourth-order valence-electron chi connectivity index (χ4n) is 1.24. The molecule has 0 amide bonds. The number of rotatable bonds is 5. The fraction of sp³-hybridized carbons (Fsp3) is 0.455. The molecule has 0 N–H and O–H groups in total. The van der Waals surface area contributed by atoms with Crippen molar-refractivity contribution in [3.8, 4) is 5.75 Å². The number of hydrogen-bond acceptors (Lipinski definition) is 1. The van der Waals surface area contributed by atoms with Crippen LogP contribution < -0.4 is 4.74 Å². The molecule has 1 nitrogen and oxygen atoms in total. The van der Waals surface area contributed by atoms with Crippen LogP contribution in [0.25, 0.3) is 0 Å². The van der Waals surface area contributed by atoms with Crippen LogP contribution in [-0.2, 0) is 5.33 Å². The fourth-order valence-corrected chi connectivity index (χ4v) is 1.57. The Morgan fingerprint density at radius 2 is 1.88 bits per heavy atom. The van der Waals surface area contributed by atoms with E-state index < -0.39 is 18.4 Å². The highest BCUT2D eigenvalue weighted by molar-refractivity contribution is 9.08. The van der Waals surface area contributed by atoms with Crippen LogP contribution in [-0.4, -0.2) is 12.8 Å². The van der Waals surface area contributed by atoms with Gasteiger partial charge in [0.15, 0.2) is 0 Å². The van der Waals surface area contributed by atoms with E-state index in [1.165, 1.54) is 6.07 Å². The van der Waals surface area contributed by atoms with Gasteiger partial charge in [-0.2, -0.15) is 13.2 Å². The van der Waals surface area contributed by atoms with Gasteiger partial charge in [-0.25, -0.2) is 4.39 Å². The Kier molecular flexibility index (Phi) is 5.24. The second-order valence-electron chi connectivity index (χ2n) is 3.50. The third-order valence-electron chi connectivity index (χ3n) is 1.96. The maximum atomic E-state index is 13.0. The van der Waals surface area contributed by atoms with Crippen LogP contribution in [0, 0.1) is 5.82 Å². The molecule has 6 heteroatoms. The highest BCUT2D eigenvalue weighted by Gasteiger charge is 2.26. The highest BCUT2D eigenvalue weighted by Crippen LogP contribution is 2.22. The van der Waals surface area contributed by atoms with Gasteiger partial charge in [0.25, 0.3) is 0 Å². The lowest BCUT2D eigenvalue weighted by atomic mass is 10.2. The monoisotopic (exact) mass is 314 g/mol. The third-order valence-corrected chi connectivity index (χ3v) is 2.61. The molecule has 0 unspecified atom stereocenters. The van der Waals surface area contributed by atoms with Crippen LogP contribution in [0.4, 0.5) is 17.6 Å². The smallest absolute Gasteiger partial charge is 0.389 e. The molecule has 1 rings (SSSR count). The van der Waals surface area contributed by atoms with Gasteiger partial charge in [-0.1, -0.05) is 15.9 Å². The van der Waals surface area contributed by atoms with Crippen LogP contribution in [0.2, 0.25) is 0 Å². The second kappa shape index (κ2) is 6.23. The van der Waals surface area contributed by atoms with Crippen molar-refractivity contribution in [3.05, 3.63) is 29.6 Å². The molecule has 0 heterocycles. The molecule has 96 valence electrons. The third kappa shape index (κ3) is 5.91. The summed E-state index contributed by atoms with van der Waals surface area (Å²) in [6.07, 6.45) is -5.20. The van der Waals surface area contributed by atoms with E-state index in [1.807, 2.05) is 0 Å². The molecule has 0 saturated carbocycles. The van der Waals surface area contributed by atoms with Crippen molar-refractivity contribution in [2.45, 2.75) is 24.3 Å². The van der Waals surface area contributed by atoms with Gasteiger partial charge in [0, 0.05) is 17.8 Å². The summed E-state index contributed by atoms with van der Waals surface area (Å²) >= 11 is 3.16. The topological polar surface area (TPSA) is 9.23 Å². The summed E-state index contributed by atoms with van der Waals surface area (Å²) in [5.41, 5.74) is 0.677. The minimum atomic E-state index is -4.17. The van der Waals surface area contributed by atoms with Gasteiger partial charge < -0.3 is 4.74 Å². The molecule has 17 heavy (non-hydrogen) atoms. The number of alkyl halides is 4.